The van der Waals surface area contributed by atoms with Crippen molar-refractivity contribution < 1.29 is 44.8 Å². The molecular weight excluding hydrogens is 599 g/mol. The number of fused-ring (bicyclic) bond motifs is 6. The average molecular weight is 652 g/mol. The Morgan fingerprint density at radius 1 is 0.837 bits per heavy atom. The second-order valence-electron chi connectivity index (χ2n) is 14.9. The molecule has 0 aromatic heterocycles. The van der Waals surface area contributed by atoms with Gasteiger partial charge in [0.25, 0.3) is 0 Å². The topological polar surface area (TPSA) is 0 Å². The smallest absolute Gasteiger partial charge is 0.172 e. The van der Waals surface area contributed by atoms with E-state index < -0.39 is 0 Å². The van der Waals surface area contributed by atoms with Gasteiger partial charge in [-0.05, 0) is 40.6 Å². The third kappa shape index (κ3) is 5.82. The standard InChI is InChI=1S/C29H37.C6H10.C5H5.2ClH.Ti/c1-18-25-22-17-19-13-9-10-14-20(19)24(22)21-15-11-12-16-23(21)29(25,8)28(6,7)27(4,5)26(18,2)3;1-2-4-6-5-3-1;1-2-4-5-3-1;;;/h9-11,13-15,23H,12,16-17H2,1-8H3;1-5H2;1-5H;2*1H;/q-1;;-1;;;+2/p-2. The van der Waals surface area contributed by atoms with Crippen LogP contribution in [0.5, 0.6) is 0 Å². The molecule has 2 aromatic carbocycles. The van der Waals surface area contributed by atoms with Crippen molar-refractivity contribution >= 4 is 9.38 Å². The van der Waals surface area contributed by atoms with E-state index in [9.17, 15) is 0 Å². The van der Waals surface area contributed by atoms with Gasteiger partial charge in [0.2, 0.25) is 0 Å². The van der Waals surface area contributed by atoms with Crippen molar-refractivity contribution in [3.8, 4) is 0 Å². The summed E-state index contributed by atoms with van der Waals surface area (Å²) in [5.74, 6) is 2.24. The molecule has 5 aliphatic carbocycles. The molecule has 232 valence electrons. The molecule has 0 amide bonds. The van der Waals surface area contributed by atoms with Crippen LogP contribution < -0.4 is 24.8 Å². The molecule has 2 aromatic rings. The zero-order valence-corrected chi connectivity index (χ0v) is 30.9. The summed E-state index contributed by atoms with van der Waals surface area (Å²) in [6, 6.07) is 19.2. The van der Waals surface area contributed by atoms with Gasteiger partial charge in [-0.15, -0.1) is 6.92 Å². The van der Waals surface area contributed by atoms with Crippen molar-refractivity contribution in [2.24, 2.45) is 27.6 Å². The van der Waals surface area contributed by atoms with Crippen LogP contribution in [0.3, 0.4) is 0 Å². The van der Waals surface area contributed by atoms with Gasteiger partial charge < -0.3 is 24.8 Å². The van der Waals surface area contributed by atoms with Crippen molar-refractivity contribution in [2.45, 2.75) is 107 Å². The van der Waals surface area contributed by atoms with Gasteiger partial charge in [-0.2, -0.15) is 29.3 Å². The maximum Gasteiger partial charge on any atom is -0.172 e. The zero-order chi connectivity index (χ0) is 29.6. The van der Waals surface area contributed by atoms with Crippen LogP contribution in [-0.2, 0) is 26.4 Å². The quantitative estimate of drug-likeness (QED) is 0.277. The maximum atomic E-state index is 2.62. The Bertz CT molecular complexity index is 1340. The van der Waals surface area contributed by atoms with Crippen molar-refractivity contribution in [3.05, 3.63) is 101 Å². The molecule has 43 heavy (non-hydrogen) atoms. The van der Waals surface area contributed by atoms with E-state index in [-0.39, 0.29) is 46.5 Å². The summed E-state index contributed by atoms with van der Waals surface area (Å²) in [5.41, 5.74) is 10.3. The number of rotatable bonds is 0. The van der Waals surface area contributed by atoms with Gasteiger partial charge in [0.05, 0.1) is 0 Å². The summed E-state index contributed by atoms with van der Waals surface area (Å²) in [6.45, 7) is 20.3. The minimum absolute atomic E-state index is 0. The molecule has 0 N–H and O–H groups in total. The van der Waals surface area contributed by atoms with E-state index in [1.165, 1.54) is 56.1 Å². The molecule has 5 aliphatic rings. The van der Waals surface area contributed by atoms with Crippen molar-refractivity contribution in [1.29, 1.82) is 0 Å². The van der Waals surface area contributed by atoms with Crippen LogP contribution >= 0.6 is 0 Å². The van der Waals surface area contributed by atoms with Crippen LogP contribution in [0.25, 0.3) is 5.57 Å². The van der Waals surface area contributed by atoms with Crippen molar-refractivity contribution in [1.82, 2.24) is 0 Å². The molecule has 2 atom stereocenters. The summed E-state index contributed by atoms with van der Waals surface area (Å²) >= 11 is 2.28. The van der Waals surface area contributed by atoms with Gasteiger partial charge in [0.1, 0.15) is 0 Å². The summed E-state index contributed by atoms with van der Waals surface area (Å²) in [5, 5.41) is 0. The Kier molecular flexibility index (Phi) is 11.5. The minimum Gasteiger partial charge on any atom is -0.214 e. The van der Waals surface area contributed by atoms with Crippen molar-refractivity contribution in [3.63, 3.8) is 0 Å². The first-order valence-corrected chi connectivity index (χ1v) is 17.0. The second kappa shape index (κ2) is 13.7. The van der Waals surface area contributed by atoms with Gasteiger partial charge in [-0.3, -0.25) is 0 Å². The SMILES string of the molecule is C[C-]1C2=C3Cc4ccccc4C3=C3C=CCCC3C2(C)C(C)(C)C(C)(C)C1(C)C.[Cl-].[Cl-].[Ti+2]=[C]1CCCCC1.c1cc[cH-]c1. The van der Waals surface area contributed by atoms with Crippen LogP contribution in [0.1, 0.15) is 111 Å². The normalized spacial score (nSPS) is 27.1. The van der Waals surface area contributed by atoms with Crippen LogP contribution in [0.4, 0.5) is 0 Å². The molecule has 2 fully saturated rings. The monoisotopic (exact) mass is 650 g/mol. The first kappa shape index (κ1) is 36.3. The van der Waals surface area contributed by atoms with E-state index >= 15 is 0 Å². The summed E-state index contributed by atoms with van der Waals surface area (Å²) in [7, 11) is 0. The molecule has 0 bridgehead atoms. The molecule has 0 heterocycles. The van der Waals surface area contributed by atoms with E-state index in [1.807, 2.05) is 30.3 Å². The summed E-state index contributed by atoms with van der Waals surface area (Å²) < 4.78 is 1.71. The van der Waals surface area contributed by atoms with E-state index in [4.69, 9.17) is 0 Å². The number of halogens is 2. The predicted octanol–water partition coefficient (Wildman–Crippen LogP) is 5.05. The van der Waals surface area contributed by atoms with E-state index in [0.29, 0.717) is 5.92 Å². The molecule has 7 rings (SSSR count). The third-order valence-electron chi connectivity index (χ3n) is 12.8. The molecule has 0 saturated heterocycles. The summed E-state index contributed by atoms with van der Waals surface area (Å²) in [6.07, 6.45) is 15.7. The number of hydrogen-bond donors (Lipinski definition) is 0. The molecule has 0 radical (unpaired) electrons. The number of allylic oxidation sites excluding steroid dienone is 6. The Hall–Kier alpha value is -1.18. The minimum atomic E-state index is 0. The first-order chi connectivity index (χ1) is 19.4. The van der Waals surface area contributed by atoms with E-state index in [1.54, 1.807) is 32.0 Å². The maximum absolute atomic E-state index is 2.62. The van der Waals surface area contributed by atoms with Gasteiger partial charge in [0, 0.05) is 0 Å². The first-order valence-electron chi connectivity index (χ1n) is 16.2. The molecule has 2 saturated carbocycles. The fourth-order valence-corrected chi connectivity index (χ4v) is 9.42. The molecule has 2 unspecified atom stereocenters. The third-order valence-corrected chi connectivity index (χ3v) is 13.6. The van der Waals surface area contributed by atoms with Crippen LogP contribution in [0, 0.1) is 33.5 Å². The Labute approximate surface area is 287 Å². The molecule has 0 spiro atoms. The van der Waals surface area contributed by atoms with Crippen LogP contribution in [-0.4, -0.2) is 3.81 Å². The predicted molar refractivity (Wildman–Crippen MR) is 174 cm³/mol. The van der Waals surface area contributed by atoms with Crippen molar-refractivity contribution in [2.75, 3.05) is 0 Å². The van der Waals surface area contributed by atoms with Gasteiger partial charge in [-0.1, -0.05) is 113 Å². The zero-order valence-electron chi connectivity index (χ0n) is 27.8. The molecule has 0 aliphatic heterocycles. The largest absolute Gasteiger partial charge is 0.214 e. The number of benzene rings is 1. The van der Waals surface area contributed by atoms with Gasteiger partial charge in [0.15, 0.2) is 0 Å². The Morgan fingerprint density at radius 2 is 1.47 bits per heavy atom. The van der Waals surface area contributed by atoms with Gasteiger partial charge in [-0.25, -0.2) is 18.1 Å². The second-order valence-corrected chi connectivity index (χ2v) is 16.0. The molecular formula is C40H52Cl2Ti-2. The molecule has 3 heteroatoms. The fourth-order valence-electron chi connectivity index (χ4n) is 8.87. The average Bonchev–Trinajstić information content (AvgIpc) is 3.65. The number of hydrogen-bond acceptors (Lipinski definition) is 0. The molecule has 0 nitrogen and oxygen atoms in total. The Morgan fingerprint density at radius 3 is 2.02 bits per heavy atom. The van der Waals surface area contributed by atoms with E-state index in [2.05, 4.69) is 112 Å². The van der Waals surface area contributed by atoms with Crippen LogP contribution in [0.15, 0.2) is 83.5 Å². The summed E-state index contributed by atoms with van der Waals surface area (Å²) in [4.78, 5) is 0. The van der Waals surface area contributed by atoms with E-state index in [0.717, 1.165) is 6.42 Å². The fraction of sp³-hybridized carbons (Fsp3) is 0.525. The van der Waals surface area contributed by atoms with Gasteiger partial charge >= 0.3 is 55.9 Å². The van der Waals surface area contributed by atoms with Crippen LogP contribution in [0.2, 0.25) is 0 Å². The Balaban J connectivity index is 0.000000302.